The molecule has 2 heteroatoms. The predicted octanol–water partition coefficient (Wildman–Crippen LogP) is 5.21. The van der Waals surface area contributed by atoms with Crippen molar-refractivity contribution in [1.82, 2.24) is 0 Å². The Morgan fingerprint density at radius 2 is 0.850 bits per heavy atom. The lowest BCUT2D eigenvalue weighted by atomic mass is 10.0. The molecule has 122 valence electrons. The van der Waals surface area contributed by atoms with Crippen molar-refractivity contribution in [2.75, 3.05) is 0 Å². The van der Waals surface area contributed by atoms with Crippen molar-refractivity contribution in [3.05, 3.63) is 0 Å². The summed E-state index contributed by atoms with van der Waals surface area (Å²) < 4.78 is 0. The molecule has 0 aromatic carbocycles. The van der Waals surface area contributed by atoms with Crippen molar-refractivity contribution < 1.29 is 10.2 Å². The van der Waals surface area contributed by atoms with E-state index in [0.29, 0.717) is 0 Å². The molecular weight excluding hydrogens is 248 g/mol. The minimum Gasteiger partial charge on any atom is -0.393 e. The first-order valence-electron chi connectivity index (χ1n) is 9.06. The molecular formula is C18H38O2. The summed E-state index contributed by atoms with van der Waals surface area (Å²) in [6, 6.07) is 0. The van der Waals surface area contributed by atoms with Gasteiger partial charge >= 0.3 is 0 Å². The molecule has 2 unspecified atom stereocenters. The second-order valence-electron chi connectivity index (χ2n) is 6.29. The van der Waals surface area contributed by atoms with E-state index in [1.165, 1.54) is 44.9 Å². The van der Waals surface area contributed by atoms with E-state index >= 15 is 0 Å². The van der Waals surface area contributed by atoms with E-state index in [0.717, 1.165) is 44.9 Å². The minimum atomic E-state index is -0.149. The molecule has 0 saturated heterocycles. The molecule has 0 bridgehead atoms. The average Bonchev–Trinajstić information content (AvgIpc) is 2.43. The van der Waals surface area contributed by atoms with Crippen LogP contribution in [0.1, 0.15) is 104 Å². The van der Waals surface area contributed by atoms with Crippen LogP contribution in [0.5, 0.6) is 0 Å². The summed E-state index contributed by atoms with van der Waals surface area (Å²) in [4.78, 5) is 0. The zero-order chi connectivity index (χ0) is 15.1. The fourth-order valence-corrected chi connectivity index (χ4v) is 2.67. The van der Waals surface area contributed by atoms with Crippen molar-refractivity contribution >= 4 is 0 Å². The average molecular weight is 286 g/mol. The smallest absolute Gasteiger partial charge is 0.0540 e. The van der Waals surface area contributed by atoms with Gasteiger partial charge in [0.05, 0.1) is 12.2 Å². The normalized spacial score (nSPS) is 14.4. The molecule has 0 saturated carbocycles. The van der Waals surface area contributed by atoms with Crippen LogP contribution in [0.3, 0.4) is 0 Å². The monoisotopic (exact) mass is 286 g/mol. The summed E-state index contributed by atoms with van der Waals surface area (Å²) in [5.41, 5.74) is 0. The summed E-state index contributed by atoms with van der Waals surface area (Å²) >= 11 is 0. The molecule has 0 aliphatic rings. The van der Waals surface area contributed by atoms with Gasteiger partial charge in [-0.05, 0) is 32.1 Å². The third-order valence-electron chi connectivity index (χ3n) is 4.11. The molecule has 0 aliphatic carbocycles. The zero-order valence-electron chi connectivity index (χ0n) is 13.9. The maximum absolute atomic E-state index is 9.88. The first-order valence-corrected chi connectivity index (χ1v) is 9.06. The van der Waals surface area contributed by atoms with Crippen molar-refractivity contribution in [1.29, 1.82) is 0 Å². The molecule has 2 N–H and O–H groups in total. The van der Waals surface area contributed by atoms with Crippen LogP contribution in [-0.2, 0) is 0 Å². The molecule has 0 radical (unpaired) electrons. The third-order valence-corrected chi connectivity index (χ3v) is 4.11. The quantitative estimate of drug-likeness (QED) is 0.406. The summed E-state index contributed by atoms with van der Waals surface area (Å²) in [7, 11) is 0. The topological polar surface area (TPSA) is 40.5 Å². The highest BCUT2D eigenvalue weighted by Gasteiger charge is 2.07. The first kappa shape index (κ1) is 19.9. The lowest BCUT2D eigenvalue weighted by Gasteiger charge is -2.13. The van der Waals surface area contributed by atoms with Gasteiger partial charge < -0.3 is 10.2 Å². The van der Waals surface area contributed by atoms with Crippen LogP contribution in [0.25, 0.3) is 0 Å². The number of aliphatic hydroxyl groups excluding tert-OH is 2. The Balaban J connectivity index is 3.30. The van der Waals surface area contributed by atoms with Crippen LogP contribution in [0, 0.1) is 0 Å². The Hall–Kier alpha value is -0.0800. The Morgan fingerprint density at radius 1 is 0.500 bits per heavy atom. The van der Waals surface area contributed by atoms with Gasteiger partial charge in [0.25, 0.3) is 0 Å². The van der Waals surface area contributed by atoms with E-state index < -0.39 is 0 Å². The molecule has 0 aromatic heterocycles. The summed E-state index contributed by atoms with van der Waals surface area (Å²) in [5, 5.41) is 19.7. The first-order chi connectivity index (χ1) is 9.70. The van der Waals surface area contributed by atoms with Gasteiger partial charge in [-0.3, -0.25) is 0 Å². The van der Waals surface area contributed by atoms with Gasteiger partial charge in [-0.15, -0.1) is 0 Å². The van der Waals surface area contributed by atoms with Gasteiger partial charge in [0.2, 0.25) is 0 Å². The van der Waals surface area contributed by atoms with Gasteiger partial charge in [-0.25, -0.2) is 0 Å². The molecule has 0 amide bonds. The van der Waals surface area contributed by atoms with E-state index in [1.807, 2.05) is 0 Å². The predicted molar refractivity (Wildman–Crippen MR) is 88.0 cm³/mol. The number of unbranched alkanes of at least 4 members (excludes halogenated alkanes) is 7. The van der Waals surface area contributed by atoms with Crippen LogP contribution in [0.15, 0.2) is 0 Å². The lowest BCUT2D eigenvalue weighted by molar-refractivity contribution is 0.121. The Bertz CT molecular complexity index is 182. The van der Waals surface area contributed by atoms with E-state index in [2.05, 4.69) is 13.8 Å². The molecule has 2 atom stereocenters. The molecule has 0 rings (SSSR count). The van der Waals surface area contributed by atoms with Crippen LogP contribution < -0.4 is 0 Å². The van der Waals surface area contributed by atoms with E-state index in [1.54, 1.807) is 0 Å². The van der Waals surface area contributed by atoms with Gasteiger partial charge in [0.1, 0.15) is 0 Å². The van der Waals surface area contributed by atoms with E-state index in [4.69, 9.17) is 0 Å². The van der Waals surface area contributed by atoms with E-state index in [9.17, 15) is 10.2 Å². The summed E-state index contributed by atoms with van der Waals surface area (Å²) in [5.74, 6) is 0. The highest BCUT2D eigenvalue weighted by Crippen LogP contribution is 2.14. The van der Waals surface area contributed by atoms with Crippen LogP contribution >= 0.6 is 0 Å². The molecule has 0 spiro atoms. The summed E-state index contributed by atoms with van der Waals surface area (Å²) in [6.45, 7) is 4.43. The maximum atomic E-state index is 9.88. The SMILES string of the molecule is CCCCCCCC(O)CCCC(O)CCCCCC. The van der Waals surface area contributed by atoms with Gasteiger partial charge in [-0.1, -0.05) is 71.6 Å². The van der Waals surface area contributed by atoms with E-state index in [-0.39, 0.29) is 12.2 Å². The molecule has 2 nitrogen and oxygen atoms in total. The molecule has 0 aromatic rings. The minimum absolute atomic E-state index is 0.149. The van der Waals surface area contributed by atoms with Crippen molar-refractivity contribution in [2.24, 2.45) is 0 Å². The standard InChI is InChI=1S/C18H38O2/c1-3-5-7-9-11-14-18(20)16-12-15-17(19)13-10-8-6-4-2/h17-20H,3-16H2,1-2H3. The number of rotatable bonds is 15. The molecule has 0 aliphatic heterocycles. The van der Waals surface area contributed by atoms with Gasteiger partial charge in [0.15, 0.2) is 0 Å². The third kappa shape index (κ3) is 14.3. The lowest BCUT2D eigenvalue weighted by Crippen LogP contribution is -2.10. The zero-order valence-corrected chi connectivity index (χ0v) is 13.9. The Kier molecular flexibility index (Phi) is 15.3. The number of hydrogen-bond donors (Lipinski definition) is 2. The Morgan fingerprint density at radius 3 is 1.30 bits per heavy atom. The summed E-state index contributed by atoms with van der Waals surface area (Å²) in [6.07, 6.45) is 15.5. The molecule has 0 heterocycles. The Labute approximate surface area is 127 Å². The number of hydrogen-bond acceptors (Lipinski definition) is 2. The van der Waals surface area contributed by atoms with Crippen molar-refractivity contribution in [3.8, 4) is 0 Å². The highest BCUT2D eigenvalue weighted by molar-refractivity contribution is 4.61. The van der Waals surface area contributed by atoms with Gasteiger partial charge in [0, 0.05) is 0 Å². The van der Waals surface area contributed by atoms with Crippen molar-refractivity contribution in [2.45, 2.75) is 116 Å². The second kappa shape index (κ2) is 15.3. The molecule has 0 fully saturated rings. The maximum Gasteiger partial charge on any atom is 0.0540 e. The highest BCUT2D eigenvalue weighted by atomic mass is 16.3. The molecule has 20 heavy (non-hydrogen) atoms. The van der Waals surface area contributed by atoms with Crippen LogP contribution in [0.2, 0.25) is 0 Å². The van der Waals surface area contributed by atoms with Crippen LogP contribution in [0.4, 0.5) is 0 Å². The number of aliphatic hydroxyl groups is 2. The largest absolute Gasteiger partial charge is 0.393 e. The van der Waals surface area contributed by atoms with Crippen LogP contribution in [-0.4, -0.2) is 22.4 Å². The fraction of sp³-hybridized carbons (Fsp3) is 1.00. The van der Waals surface area contributed by atoms with Crippen molar-refractivity contribution in [3.63, 3.8) is 0 Å². The van der Waals surface area contributed by atoms with Gasteiger partial charge in [-0.2, -0.15) is 0 Å². The fourth-order valence-electron chi connectivity index (χ4n) is 2.67. The second-order valence-corrected chi connectivity index (χ2v) is 6.29.